The number of carbonyl (C=O) groups excluding carboxylic acids is 1. The van der Waals surface area contributed by atoms with E-state index < -0.39 is 0 Å². The van der Waals surface area contributed by atoms with E-state index >= 15 is 0 Å². The van der Waals surface area contributed by atoms with Gasteiger partial charge in [0.05, 0.1) is 5.70 Å². The van der Waals surface area contributed by atoms with Crippen molar-refractivity contribution in [3.05, 3.63) is 71.4 Å². The van der Waals surface area contributed by atoms with E-state index in [2.05, 4.69) is 51.0 Å². The Hall–Kier alpha value is -3.35. The molecule has 0 radical (unpaired) electrons. The Morgan fingerprint density at radius 2 is 1.67 bits per heavy atom. The number of carbonyl (C=O) groups is 1. The lowest BCUT2D eigenvalue weighted by molar-refractivity contribution is -0.114. The maximum atomic E-state index is 12.9. The molecule has 0 saturated heterocycles. The molecule has 27 heavy (non-hydrogen) atoms. The molecule has 0 N–H and O–H groups in total. The van der Waals surface area contributed by atoms with Crippen LogP contribution in [0.3, 0.4) is 0 Å². The van der Waals surface area contributed by atoms with Crippen LogP contribution in [0.4, 0.5) is 0 Å². The van der Waals surface area contributed by atoms with Crippen LogP contribution >= 0.6 is 0 Å². The second kappa shape index (κ2) is 6.42. The fraction of sp³-hybridized carbons (Fsp3) is 0.250. The average molecular weight is 358 g/mol. The first kappa shape index (κ1) is 17.1. The lowest BCUT2D eigenvalue weighted by Gasteiger charge is -2.30. The Labute approximate surface area is 156 Å². The topological polar surface area (TPSA) is 92.3 Å². The highest BCUT2D eigenvalue weighted by Gasteiger charge is 2.39. The van der Waals surface area contributed by atoms with Gasteiger partial charge in [-0.15, -0.1) is 5.11 Å². The molecule has 1 amide bonds. The summed E-state index contributed by atoms with van der Waals surface area (Å²) >= 11 is 0. The summed E-state index contributed by atoms with van der Waals surface area (Å²) in [6.45, 7) is 6.30. The zero-order valence-corrected chi connectivity index (χ0v) is 15.3. The second-order valence-electron chi connectivity index (χ2n) is 7.46. The first-order valence-corrected chi connectivity index (χ1v) is 8.63. The minimum absolute atomic E-state index is 0.153. The van der Waals surface area contributed by atoms with Crippen LogP contribution in [0.5, 0.6) is 0 Å². The molecule has 4 heterocycles. The highest BCUT2D eigenvalue weighted by atomic mass is 16.1. The van der Waals surface area contributed by atoms with Gasteiger partial charge in [-0.05, 0) is 29.2 Å². The van der Waals surface area contributed by atoms with Crippen molar-refractivity contribution in [1.82, 2.24) is 9.97 Å². The van der Waals surface area contributed by atoms with Crippen LogP contribution in [0, 0.1) is 5.41 Å². The van der Waals surface area contributed by atoms with E-state index in [1.165, 1.54) is 0 Å². The standard InChI is InChI=1S/C20H18N6O/c1-20(2,3)15(13-5-4-8-22-11-13)16-14-18(26-25-16)23-17(24-19(14)27)12-6-9-21-10-7-12/h4-11,15H,1-3H3. The Morgan fingerprint density at radius 3 is 2.33 bits per heavy atom. The van der Waals surface area contributed by atoms with Crippen molar-refractivity contribution >= 4 is 17.6 Å². The molecule has 134 valence electrons. The van der Waals surface area contributed by atoms with Gasteiger partial charge < -0.3 is 0 Å². The Kier molecular flexibility index (Phi) is 4.07. The van der Waals surface area contributed by atoms with Gasteiger partial charge in [0.2, 0.25) is 0 Å². The lowest BCUT2D eigenvalue weighted by atomic mass is 9.74. The number of amides is 1. The number of amidine groups is 2. The number of fused-ring (bicyclic) bond motifs is 1. The van der Waals surface area contributed by atoms with E-state index in [9.17, 15) is 4.79 Å². The smallest absolute Gasteiger partial charge is 0.266 e. The number of nitrogens with zero attached hydrogens (tertiary/aromatic N) is 6. The monoisotopic (exact) mass is 358 g/mol. The minimum atomic E-state index is -0.370. The number of azo groups is 1. The fourth-order valence-electron chi connectivity index (χ4n) is 3.32. The van der Waals surface area contributed by atoms with Crippen molar-refractivity contribution in [2.24, 2.45) is 25.6 Å². The van der Waals surface area contributed by atoms with Gasteiger partial charge in [-0.3, -0.25) is 14.8 Å². The zero-order valence-electron chi connectivity index (χ0n) is 15.3. The summed E-state index contributed by atoms with van der Waals surface area (Å²) < 4.78 is 0. The highest BCUT2D eigenvalue weighted by Crippen LogP contribution is 2.44. The predicted octanol–water partition coefficient (Wildman–Crippen LogP) is 3.71. The molecule has 2 aliphatic rings. The van der Waals surface area contributed by atoms with E-state index in [-0.39, 0.29) is 17.2 Å². The molecule has 2 aliphatic heterocycles. The summed E-state index contributed by atoms with van der Waals surface area (Å²) in [5.74, 6) is 0.120. The first-order valence-electron chi connectivity index (χ1n) is 8.63. The number of pyridine rings is 2. The van der Waals surface area contributed by atoms with Crippen LogP contribution in [-0.2, 0) is 4.79 Å². The molecule has 0 aliphatic carbocycles. The molecule has 0 fully saturated rings. The van der Waals surface area contributed by atoms with E-state index in [0.717, 1.165) is 5.56 Å². The number of aliphatic imine (C=N–C) groups is 2. The second-order valence-corrected chi connectivity index (χ2v) is 7.46. The van der Waals surface area contributed by atoms with Crippen molar-refractivity contribution in [3.8, 4) is 0 Å². The largest absolute Gasteiger partial charge is 0.284 e. The lowest BCUT2D eigenvalue weighted by Crippen LogP contribution is -2.24. The van der Waals surface area contributed by atoms with Crippen LogP contribution in [0.1, 0.15) is 37.8 Å². The van der Waals surface area contributed by atoms with Gasteiger partial charge >= 0.3 is 0 Å². The Morgan fingerprint density at radius 1 is 0.889 bits per heavy atom. The molecule has 0 saturated carbocycles. The van der Waals surface area contributed by atoms with Crippen molar-refractivity contribution in [3.63, 3.8) is 0 Å². The van der Waals surface area contributed by atoms with Crippen LogP contribution in [0.15, 0.2) is 80.5 Å². The van der Waals surface area contributed by atoms with Gasteiger partial charge in [-0.1, -0.05) is 26.8 Å². The SMILES string of the molecule is CC(C)(C)C(C1=C2C(=O)N=C(c3ccncc3)N=C2N=N1)c1cccnc1. The summed E-state index contributed by atoms with van der Waals surface area (Å²) in [5.41, 5.74) is 2.46. The molecule has 0 spiro atoms. The van der Waals surface area contributed by atoms with Gasteiger partial charge in [-0.2, -0.15) is 10.1 Å². The molecule has 7 heteroatoms. The van der Waals surface area contributed by atoms with Crippen molar-refractivity contribution in [1.29, 1.82) is 0 Å². The summed E-state index contributed by atoms with van der Waals surface area (Å²) in [6.07, 6.45) is 6.79. The third kappa shape index (κ3) is 3.12. The maximum absolute atomic E-state index is 12.9. The van der Waals surface area contributed by atoms with E-state index in [1.807, 2.05) is 12.1 Å². The van der Waals surface area contributed by atoms with Gasteiger partial charge in [0.1, 0.15) is 5.57 Å². The molecular formula is C20H18N6O. The van der Waals surface area contributed by atoms with E-state index in [1.54, 1.807) is 36.9 Å². The highest BCUT2D eigenvalue weighted by molar-refractivity contribution is 6.31. The molecule has 4 rings (SSSR count). The average Bonchev–Trinajstić information content (AvgIpc) is 3.06. The van der Waals surface area contributed by atoms with Crippen molar-refractivity contribution < 1.29 is 4.79 Å². The van der Waals surface area contributed by atoms with Crippen LogP contribution in [0.2, 0.25) is 0 Å². The molecule has 0 bridgehead atoms. The van der Waals surface area contributed by atoms with Crippen LogP contribution < -0.4 is 0 Å². The summed E-state index contributed by atoms with van der Waals surface area (Å²) in [7, 11) is 0. The van der Waals surface area contributed by atoms with Crippen molar-refractivity contribution in [2.45, 2.75) is 26.7 Å². The fourth-order valence-corrected chi connectivity index (χ4v) is 3.32. The first-order chi connectivity index (χ1) is 12.9. The molecule has 1 unspecified atom stereocenters. The van der Waals surface area contributed by atoms with Gasteiger partial charge in [0.15, 0.2) is 11.7 Å². The summed E-state index contributed by atoms with van der Waals surface area (Å²) in [4.78, 5) is 29.7. The number of rotatable bonds is 3. The summed E-state index contributed by atoms with van der Waals surface area (Å²) in [5, 5.41) is 8.53. The minimum Gasteiger partial charge on any atom is -0.266 e. The number of allylic oxidation sites excluding steroid dienone is 1. The quantitative estimate of drug-likeness (QED) is 0.837. The number of aromatic nitrogens is 2. The van der Waals surface area contributed by atoms with Gasteiger partial charge in [0, 0.05) is 36.3 Å². The van der Waals surface area contributed by atoms with Gasteiger partial charge in [0.25, 0.3) is 5.91 Å². The number of hydrogen-bond donors (Lipinski definition) is 0. The zero-order chi connectivity index (χ0) is 19.0. The van der Waals surface area contributed by atoms with Crippen molar-refractivity contribution in [2.75, 3.05) is 0 Å². The van der Waals surface area contributed by atoms with E-state index in [0.29, 0.717) is 28.5 Å². The summed E-state index contributed by atoms with van der Waals surface area (Å²) in [6, 6.07) is 7.37. The molecule has 1 atom stereocenters. The van der Waals surface area contributed by atoms with Crippen LogP contribution in [0.25, 0.3) is 0 Å². The van der Waals surface area contributed by atoms with E-state index in [4.69, 9.17) is 0 Å². The Balaban J connectivity index is 1.81. The Bertz CT molecular complexity index is 1010. The molecular weight excluding hydrogens is 340 g/mol. The van der Waals surface area contributed by atoms with Gasteiger partial charge in [-0.25, -0.2) is 4.99 Å². The molecule has 2 aromatic heterocycles. The maximum Gasteiger partial charge on any atom is 0.284 e. The predicted molar refractivity (Wildman–Crippen MR) is 102 cm³/mol. The molecule has 0 aromatic carbocycles. The normalized spacial score (nSPS) is 17.5. The number of hydrogen-bond acceptors (Lipinski definition) is 6. The third-order valence-electron chi connectivity index (χ3n) is 4.46. The molecule has 2 aromatic rings. The third-order valence-corrected chi connectivity index (χ3v) is 4.46. The van der Waals surface area contributed by atoms with Crippen LogP contribution in [-0.4, -0.2) is 27.5 Å². The molecule has 7 nitrogen and oxygen atoms in total.